The zero-order chi connectivity index (χ0) is 15.7. The lowest BCUT2D eigenvalue weighted by molar-refractivity contribution is -0.138. The molecule has 1 aliphatic rings. The standard InChI is InChI=1S/C15H16N4O3/c16-12(15(21)22)5-10-7-17-8-19(10)14(20)13-11-4-2-1-3-9(11)6-18-13/h1-4,7-8,12-13,18H,5-6,16H2,(H,21,22). The Morgan fingerprint density at radius 3 is 3.00 bits per heavy atom. The zero-order valence-corrected chi connectivity index (χ0v) is 11.8. The molecule has 0 fully saturated rings. The van der Waals surface area contributed by atoms with E-state index < -0.39 is 18.1 Å². The SMILES string of the molecule is NC(Cc1cncn1C(=O)C1NCc2ccccc21)C(=O)O. The van der Waals surface area contributed by atoms with Crippen molar-refractivity contribution in [1.82, 2.24) is 14.9 Å². The Bertz CT molecular complexity index is 725. The molecule has 0 bridgehead atoms. The van der Waals surface area contributed by atoms with E-state index in [0.29, 0.717) is 12.2 Å². The lowest BCUT2D eigenvalue weighted by Gasteiger charge is -2.14. The first-order chi connectivity index (χ1) is 10.6. The number of hydrogen-bond acceptors (Lipinski definition) is 5. The second kappa shape index (κ2) is 5.70. The Balaban J connectivity index is 1.85. The van der Waals surface area contributed by atoms with Gasteiger partial charge in [0, 0.05) is 24.9 Å². The topological polar surface area (TPSA) is 110 Å². The summed E-state index contributed by atoms with van der Waals surface area (Å²) in [6.07, 6.45) is 2.92. The Hall–Kier alpha value is -2.51. The molecule has 0 radical (unpaired) electrons. The molecule has 114 valence electrons. The van der Waals surface area contributed by atoms with Crippen molar-refractivity contribution in [3.8, 4) is 0 Å². The number of nitrogens with zero attached hydrogens (tertiary/aromatic N) is 2. The molecule has 2 atom stereocenters. The monoisotopic (exact) mass is 300 g/mol. The predicted octanol–water partition coefficient (Wildman–Crippen LogP) is 0.322. The van der Waals surface area contributed by atoms with E-state index in [2.05, 4.69) is 10.3 Å². The largest absolute Gasteiger partial charge is 0.480 e. The summed E-state index contributed by atoms with van der Waals surface area (Å²) in [6.45, 7) is 0.630. The van der Waals surface area contributed by atoms with Gasteiger partial charge < -0.3 is 10.8 Å². The molecule has 2 aromatic rings. The van der Waals surface area contributed by atoms with Crippen molar-refractivity contribution in [2.75, 3.05) is 0 Å². The van der Waals surface area contributed by atoms with Crippen LogP contribution in [-0.2, 0) is 17.8 Å². The van der Waals surface area contributed by atoms with E-state index in [1.165, 1.54) is 17.1 Å². The number of nitrogens with two attached hydrogens (primary N) is 1. The van der Waals surface area contributed by atoms with Crippen LogP contribution in [0.5, 0.6) is 0 Å². The van der Waals surface area contributed by atoms with Crippen molar-refractivity contribution < 1.29 is 14.7 Å². The summed E-state index contributed by atoms with van der Waals surface area (Å²) in [5, 5.41) is 12.1. The van der Waals surface area contributed by atoms with Crippen LogP contribution in [0.3, 0.4) is 0 Å². The highest BCUT2D eigenvalue weighted by atomic mass is 16.4. The zero-order valence-electron chi connectivity index (χ0n) is 11.8. The summed E-state index contributed by atoms with van der Waals surface area (Å²) in [5.41, 5.74) is 8.06. The van der Waals surface area contributed by atoms with Gasteiger partial charge in [-0.1, -0.05) is 24.3 Å². The molecule has 0 spiro atoms. The average Bonchev–Trinajstić information content (AvgIpc) is 3.13. The highest BCUT2D eigenvalue weighted by Gasteiger charge is 2.30. The maximum atomic E-state index is 12.7. The molecule has 3 rings (SSSR count). The molecule has 2 heterocycles. The van der Waals surface area contributed by atoms with Crippen LogP contribution in [0.25, 0.3) is 0 Å². The Labute approximate surface area is 126 Å². The van der Waals surface area contributed by atoms with Crippen LogP contribution >= 0.6 is 0 Å². The lowest BCUT2D eigenvalue weighted by atomic mass is 10.0. The number of aromatic nitrogens is 2. The molecule has 0 saturated carbocycles. The number of nitrogens with one attached hydrogen (secondary N) is 1. The van der Waals surface area contributed by atoms with Crippen LogP contribution < -0.4 is 11.1 Å². The van der Waals surface area contributed by atoms with Gasteiger partial charge in [0.05, 0.1) is 0 Å². The van der Waals surface area contributed by atoms with Gasteiger partial charge in [-0.15, -0.1) is 0 Å². The summed E-state index contributed by atoms with van der Waals surface area (Å²) < 4.78 is 1.38. The van der Waals surface area contributed by atoms with E-state index in [4.69, 9.17) is 10.8 Å². The quantitative estimate of drug-likeness (QED) is 0.750. The molecular weight excluding hydrogens is 284 g/mol. The van der Waals surface area contributed by atoms with E-state index in [-0.39, 0.29) is 12.3 Å². The number of hydrogen-bond donors (Lipinski definition) is 3. The van der Waals surface area contributed by atoms with Crippen LogP contribution in [0.2, 0.25) is 0 Å². The Kier molecular flexibility index (Phi) is 3.74. The minimum atomic E-state index is -1.11. The minimum Gasteiger partial charge on any atom is -0.480 e. The van der Waals surface area contributed by atoms with Crippen LogP contribution in [-0.4, -0.2) is 32.6 Å². The molecule has 0 saturated heterocycles. The molecule has 22 heavy (non-hydrogen) atoms. The molecule has 7 nitrogen and oxygen atoms in total. The highest BCUT2D eigenvalue weighted by Crippen LogP contribution is 2.26. The van der Waals surface area contributed by atoms with Gasteiger partial charge in [0.15, 0.2) is 0 Å². The fraction of sp³-hybridized carbons (Fsp3) is 0.267. The molecule has 2 unspecified atom stereocenters. The Morgan fingerprint density at radius 1 is 1.45 bits per heavy atom. The van der Waals surface area contributed by atoms with Crippen LogP contribution in [0.1, 0.15) is 27.7 Å². The third-order valence-electron chi connectivity index (χ3n) is 3.81. The van der Waals surface area contributed by atoms with E-state index in [9.17, 15) is 9.59 Å². The van der Waals surface area contributed by atoms with Gasteiger partial charge in [-0.05, 0) is 11.1 Å². The first-order valence-corrected chi connectivity index (χ1v) is 6.93. The second-order valence-corrected chi connectivity index (χ2v) is 5.25. The van der Waals surface area contributed by atoms with Crippen molar-refractivity contribution in [2.45, 2.75) is 25.0 Å². The summed E-state index contributed by atoms with van der Waals surface area (Å²) in [5.74, 6) is -1.29. The average molecular weight is 300 g/mol. The van der Waals surface area contributed by atoms with Crippen LogP contribution in [0, 0.1) is 0 Å². The fourth-order valence-electron chi connectivity index (χ4n) is 2.64. The molecule has 1 aromatic heterocycles. The second-order valence-electron chi connectivity index (χ2n) is 5.25. The number of rotatable bonds is 4. The molecular formula is C15H16N4O3. The normalized spacial score (nSPS) is 18.0. The summed E-state index contributed by atoms with van der Waals surface area (Å²) in [6, 6.07) is 6.20. The van der Waals surface area contributed by atoms with Gasteiger partial charge >= 0.3 is 5.97 Å². The minimum absolute atomic E-state index is 0.0510. The van der Waals surface area contributed by atoms with Crippen molar-refractivity contribution in [3.05, 3.63) is 53.6 Å². The lowest BCUT2D eigenvalue weighted by Crippen LogP contribution is -2.34. The van der Waals surface area contributed by atoms with E-state index in [1.807, 2.05) is 24.3 Å². The van der Waals surface area contributed by atoms with Crippen molar-refractivity contribution in [2.24, 2.45) is 5.73 Å². The Morgan fingerprint density at radius 2 is 2.23 bits per heavy atom. The number of imidazole rings is 1. The molecule has 1 aromatic carbocycles. The predicted molar refractivity (Wildman–Crippen MR) is 78.2 cm³/mol. The maximum Gasteiger partial charge on any atom is 0.320 e. The smallest absolute Gasteiger partial charge is 0.320 e. The number of carboxylic acid groups (broad SMARTS) is 1. The first-order valence-electron chi connectivity index (χ1n) is 6.93. The number of aliphatic carboxylic acids is 1. The van der Waals surface area contributed by atoms with Gasteiger partial charge in [0.1, 0.15) is 18.4 Å². The maximum absolute atomic E-state index is 12.7. The molecule has 7 heteroatoms. The van der Waals surface area contributed by atoms with Crippen LogP contribution in [0.4, 0.5) is 0 Å². The molecule has 0 amide bonds. The number of carboxylic acids is 1. The van der Waals surface area contributed by atoms with Gasteiger partial charge in [-0.3, -0.25) is 19.5 Å². The van der Waals surface area contributed by atoms with E-state index in [0.717, 1.165) is 11.1 Å². The number of benzene rings is 1. The van der Waals surface area contributed by atoms with Crippen LogP contribution in [0.15, 0.2) is 36.8 Å². The summed E-state index contributed by atoms with van der Waals surface area (Å²) >= 11 is 0. The molecule has 0 aliphatic carbocycles. The third-order valence-corrected chi connectivity index (χ3v) is 3.81. The van der Waals surface area contributed by atoms with E-state index in [1.54, 1.807) is 0 Å². The first kappa shape index (κ1) is 14.4. The van der Waals surface area contributed by atoms with Gasteiger partial charge in [-0.2, -0.15) is 0 Å². The number of carbonyl (C=O) groups excluding carboxylic acids is 1. The number of carbonyl (C=O) groups is 2. The van der Waals surface area contributed by atoms with Gasteiger partial charge in [-0.25, -0.2) is 4.98 Å². The van der Waals surface area contributed by atoms with Gasteiger partial charge in [0.25, 0.3) is 5.91 Å². The van der Waals surface area contributed by atoms with Crippen molar-refractivity contribution in [1.29, 1.82) is 0 Å². The van der Waals surface area contributed by atoms with E-state index >= 15 is 0 Å². The summed E-state index contributed by atoms with van der Waals surface area (Å²) in [4.78, 5) is 27.5. The van der Waals surface area contributed by atoms with Crippen molar-refractivity contribution >= 4 is 11.9 Å². The number of fused-ring (bicyclic) bond motifs is 1. The third kappa shape index (κ3) is 2.51. The molecule has 4 N–H and O–H groups in total. The fourth-order valence-corrected chi connectivity index (χ4v) is 2.64. The summed E-state index contributed by atoms with van der Waals surface area (Å²) in [7, 11) is 0. The van der Waals surface area contributed by atoms with Crippen molar-refractivity contribution in [3.63, 3.8) is 0 Å². The molecule has 1 aliphatic heterocycles. The van der Waals surface area contributed by atoms with Gasteiger partial charge in [0.2, 0.25) is 0 Å². The highest BCUT2D eigenvalue weighted by molar-refractivity contribution is 5.87.